The fourth-order valence-corrected chi connectivity index (χ4v) is 5.09. The summed E-state index contributed by atoms with van der Waals surface area (Å²) in [5.74, 6) is 0.434. The van der Waals surface area contributed by atoms with Gasteiger partial charge in [0, 0.05) is 30.6 Å². The zero-order valence-corrected chi connectivity index (χ0v) is 23.7. The first-order valence-corrected chi connectivity index (χ1v) is 13.8. The number of carbonyl (C=O) groups is 1. The third kappa shape index (κ3) is 8.53. The summed E-state index contributed by atoms with van der Waals surface area (Å²) in [4.78, 5) is 16.4. The molecule has 212 valence electrons. The maximum absolute atomic E-state index is 12.4. The summed E-state index contributed by atoms with van der Waals surface area (Å²) < 4.78 is 0. The maximum atomic E-state index is 12.4. The second-order valence-electron chi connectivity index (χ2n) is 10.2. The van der Waals surface area contributed by atoms with Crippen molar-refractivity contribution in [3.63, 3.8) is 0 Å². The molecule has 3 aromatic rings. The highest BCUT2D eigenvalue weighted by molar-refractivity contribution is 5.89. The smallest absolute Gasteiger partial charge is 0.210 e. The van der Waals surface area contributed by atoms with E-state index < -0.39 is 6.10 Å². The van der Waals surface area contributed by atoms with Crippen LogP contribution in [-0.4, -0.2) is 63.3 Å². The van der Waals surface area contributed by atoms with Gasteiger partial charge in [-0.3, -0.25) is 14.8 Å². The Labute approximate surface area is 238 Å². The molecule has 1 heterocycles. The zero-order valence-electron chi connectivity index (χ0n) is 23.7. The van der Waals surface area contributed by atoms with Crippen molar-refractivity contribution < 1.29 is 9.90 Å². The lowest BCUT2D eigenvalue weighted by atomic mass is 9.92. The molecule has 4 N–H and O–H groups in total. The number of nitrogens with two attached hydrogens (primary N) is 1. The SMILES string of the molecule is C=C/C=C\C(=C/C)CN(C)C(Cc1ccccc1)C(O)C[C@@H](CCC=C)N(C=O)Cc1ccc2[nH]nc(N)c2c1. The third-order valence-corrected chi connectivity index (χ3v) is 7.39. The summed E-state index contributed by atoms with van der Waals surface area (Å²) in [5.41, 5.74) is 10.1. The monoisotopic (exact) mass is 541 g/mol. The number of nitrogens with zero attached hydrogens (tertiary/aromatic N) is 3. The summed E-state index contributed by atoms with van der Waals surface area (Å²) in [6.45, 7) is 10.8. The van der Waals surface area contributed by atoms with Gasteiger partial charge >= 0.3 is 0 Å². The number of aromatic nitrogens is 2. The van der Waals surface area contributed by atoms with Gasteiger partial charge in [0.25, 0.3) is 0 Å². The summed E-state index contributed by atoms with van der Waals surface area (Å²) in [5, 5.41) is 19.6. The number of hydrogen-bond donors (Lipinski definition) is 3. The lowest BCUT2D eigenvalue weighted by Crippen LogP contribution is -2.47. The highest BCUT2D eigenvalue weighted by atomic mass is 16.3. The van der Waals surface area contributed by atoms with Crippen LogP contribution in [0.2, 0.25) is 0 Å². The van der Waals surface area contributed by atoms with E-state index in [-0.39, 0.29) is 12.1 Å². The van der Waals surface area contributed by atoms with E-state index in [0.29, 0.717) is 38.2 Å². The van der Waals surface area contributed by atoms with E-state index in [9.17, 15) is 9.90 Å². The van der Waals surface area contributed by atoms with Crippen molar-refractivity contribution in [2.75, 3.05) is 19.3 Å². The molecule has 0 aliphatic heterocycles. The van der Waals surface area contributed by atoms with E-state index in [0.717, 1.165) is 40.4 Å². The normalized spacial score (nSPS) is 14.3. The van der Waals surface area contributed by atoms with Gasteiger partial charge in [-0.15, -0.1) is 6.58 Å². The molecule has 7 nitrogen and oxygen atoms in total. The van der Waals surface area contributed by atoms with Crippen molar-refractivity contribution >= 4 is 23.1 Å². The number of aromatic amines is 1. The molecule has 7 heteroatoms. The number of nitrogens with one attached hydrogen (secondary N) is 1. The van der Waals surface area contributed by atoms with Gasteiger partial charge in [0.2, 0.25) is 6.41 Å². The molecule has 3 rings (SSSR count). The molecule has 0 fully saturated rings. The van der Waals surface area contributed by atoms with Crippen LogP contribution in [0.4, 0.5) is 5.82 Å². The Morgan fingerprint density at radius 1 is 1.18 bits per heavy atom. The van der Waals surface area contributed by atoms with Gasteiger partial charge < -0.3 is 15.7 Å². The minimum atomic E-state index is -0.670. The number of benzene rings is 2. The Morgan fingerprint density at radius 2 is 1.95 bits per heavy atom. The van der Waals surface area contributed by atoms with Crippen LogP contribution in [0.25, 0.3) is 10.9 Å². The lowest BCUT2D eigenvalue weighted by molar-refractivity contribution is -0.121. The van der Waals surface area contributed by atoms with E-state index in [2.05, 4.69) is 46.5 Å². The number of nitrogen functional groups attached to an aromatic ring is 1. The predicted octanol–water partition coefficient (Wildman–Crippen LogP) is 5.42. The molecule has 0 saturated heterocycles. The van der Waals surface area contributed by atoms with E-state index in [4.69, 9.17) is 5.73 Å². The Hall–Kier alpha value is -3.94. The molecule has 40 heavy (non-hydrogen) atoms. The fraction of sp³-hybridized carbons (Fsp3) is 0.333. The Kier molecular flexibility index (Phi) is 11.9. The lowest BCUT2D eigenvalue weighted by Gasteiger charge is -2.36. The molecular formula is C33H43N5O2. The minimum Gasteiger partial charge on any atom is -0.391 e. The fourth-order valence-electron chi connectivity index (χ4n) is 5.09. The molecule has 0 saturated carbocycles. The minimum absolute atomic E-state index is 0.156. The molecule has 1 amide bonds. The van der Waals surface area contributed by atoms with Crippen LogP contribution in [0.3, 0.4) is 0 Å². The molecule has 1 aromatic heterocycles. The summed E-state index contributed by atoms with van der Waals surface area (Å²) in [6.07, 6.45) is 12.5. The number of hydrogen-bond acceptors (Lipinski definition) is 5. The number of likely N-dealkylation sites (N-methyl/N-ethyl adjacent to an activating group) is 1. The standard InChI is InChI=1S/C33H43N5O2/c1-5-8-13-25(7-3)22-37(4)31(20-26-14-11-10-12-15-26)32(40)21-28(16-9-6-2)38(24-39)23-27-17-18-30-29(19-27)33(34)36-35-30/h5-8,10-15,17-19,24,28,31-32,40H,1-2,9,16,20-23H2,3-4H3,(H3,34,35,36)/b13-8-,25-7+/t28-,31?,32?/m1/s1. The molecule has 0 bridgehead atoms. The van der Waals surface area contributed by atoms with Crippen LogP contribution in [0.1, 0.15) is 37.3 Å². The summed E-state index contributed by atoms with van der Waals surface area (Å²) in [7, 11) is 2.04. The van der Waals surface area contributed by atoms with Crippen molar-refractivity contribution in [3.05, 3.63) is 109 Å². The number of aliphatic hydroxyl groups excluding tert-OH is 1. The van der Waals surface area contributed by atoms with Gasteiger partial charge in [-0.05, 0) is 68.5 Å². The number of rotatable bonds is 17. The van der Waals surface area contributed by atoms with Crippen molar-refractivity contribution in [1.82, 2.24) is 20.0 Å². The molecule has 0 aliphatic rings. The number of amides is 1. The van der Waals surface area contributed by atoms with E-state index in [1.54, 1.807) is 11.0 Å². The number of aliphatic hydroxyl groups is 1. The predicted molar refractivity (Wildman–Crippen MR) is 166 cm³/mol. The van der Waals surface area contributed by atoms with Crippen molar-refractivity contribution in [2.24, 2.45) is 0 Å². The summed E-state index contributed by atoms with van der Waals surface area (Å²) >= 11 is 0. The first-order valence-electron chi connectivity index (χ1n) is 13.8. The molecule has 2 unspecified atom stereocenters. The maximum Gasteiger partial charge on any atom is 0.210 e. The van der Waals surface area contributed by atoms with E-state index in [1.807, 2.05) is 68.6 Å². The number of carbonyl (C=O) groups excluding carboxylic acids is 1. The van der Waals surface area contributed by atoms with Gasteiger partial charge in [-0.1, -0.05) is 73.4 Å². The molecule has 3 atom stereocenters. The number of H-pyrrole nitrogens is 1. The van der Waals surface area contributed by atoms with Crippen LogP contribution in [0.5, 0.6) is 0 Å². The number of allylic oxidation sites excluding steroid dienone is 4. The zero-order chi connectivity index (χ0) is 28.9. The van der Waals surface area contributed by atoms with Crippen molar-refractivity contribution in [1.29, 1.82) is 0 Å². The van der Waals surface area contributed by atoms with Gasteiger partial charge in [0.1, 0.15) is 0 Å². The van der Waals surface area contributed by atoms with Gasteiger partial charge in [-0.25, -0.2) is 0 Å². The van der Waals surface area contributed by atoms with Crippen LogP contribution in [0.15, 0.2) is 97.6 Å². The average Bonchev–Trinajstić information content (AvgIpc) is 3.34. The molecule has 0 spiro atoms. The van der Waals surface area contributed by atoms with Crippen molar-refractivity contribution in [3.8, 4) is 0 Å². The van der Waals surface area contributed by atoms with Gasteiger partial charge in [0.05, 0.1) is 11.6 Å². The molecule has 2 aromatic carbocycles. The second-order valence-corrected chi connectivity index (χ2v) is 10.2. The van der Waals surface area contributed by atoms with Crippen LogP contribution in [-0.2, 0) is 17.8 Å². The largest absolute Gasteiger partial charge is 0.391 e. The Morgan fingerprint density at radius 3 is 2.62 bits per heavy atom. The first-order chi connectivity index (χ1) is 19.4. The Balaban J connectivity index is 1.84. The quantitative estimate of drug-likeness (QED) is 0.120. The van der Waals surface area contributed by atoms with Crippen molar-refractivity contribution in [2.45, 2.75) is 57.3 Å². The van der Waals surface area contributed by atoms with Crippen LogP contribution < -0.4 is 5.73 Å². The molecule has 0 radical (unpaired) electrons. The first kappa shape index (κ1) is 30.6. The summed E-state index contributed by atoms with van der Waals surface area (Å²) in [6, 6.07) is 15.8. The van der Waals surface area contributed by atoms with Crippen LogP contribution >= 0.6 is 0 Å². The highest BCUT2D eigenvalue weighted by Gasteiger charge is 2.29. The van der Waals surface area contributed by atoms with Crippen LogP contribution in [0, 0.1) is 0 Å². The third-order valence-electron chi connectivity index (χ3n) is 7.39. The number of fused-ring (bicyclic) bond motifs is 1. The second kappa shape index (κ2) is 15.6. The van der Waals surface area contributed by atoms with Gasteiger partial charge in [0.15, 0.2) is 5.82 Å². The Bertz CT molecular complexity index is 1300. The average molecular weight is 542 g/mol. The topological polar surface area (TPSA) is 98.5 Å². The van der Waals surface area contributed by atoms with E-state index >= 15 is 0 Å². The number of anilines is 1. The highest BCUT2D eigenvalue weighted by Crippen LogP contribution is 2.24. The van der Waals surface area contributed by atoms with Gasteiger partial charge in [-0.2, -0.15) is 5.10 Å². The molecular weight excluding hydrogens is 498 g/mol. The van der Waals surface area contributed by atoms with E-state index in [1.165, 1.54) is 0 Å². The molecule has 0 aliphatic carbocycles.